The Labute approximate surface area is 102 Å². The number of nitrogens with one attached hydrogen (secondary N) is 1. The van der Waals surface area contributed by atoms with Crippen LogP contribution < -0.4 is 16.0 Å². The highest BCUT2D eigenvalue weighted by molar-refractivity contribution is 5.72. The summed E-state index contributed by atoms with van der Waals surface area (Å²) >= 11 is 0. The molecule has 0 aromatic heterocycles. The first-order valence-electron chi connectivity index (χ1n) is 6.03. The molecule has 0 aliphatic carbocycles. The van der Waals surface area contributed by atoms with Crippen molar-refractivity contribution in [3.8, 4) is 0 Å². The molecule has 4 nitrogen and oxygen atoms in total. The van der Waals surface area contributed by atoms with Crippen molar-refractivity contribution in [2.24, 2.45) is 5.73 Å². The standard InChI is InChI=1S/C13H19N3O/c1-10-3-2-4-12(9-10)16-7-5-11(6-8-16)15-13(14)17/h2-4,9,11H,5-8H2,1H3,(H3,14,15,17). The summed E-state index contributed by atoms with van der Waals surface area (Å²) in [4.78, 5) is 13.1. The van der Waals surface area contributed by atoms with Gasteiger partial charge in [0.05, 0.1) is 0 Å². The average Bonchev–Trinajstić information content (AvgIpc) is 2.29. The summed E-state index contributed by atoms with van der Waals surface area (Å²) in [7, 11) is 0. The average molecular weight is 233 g/mol. The zero-order chi connectivity index (χ0) is 12.3. The van der Waals surface area contributed by atoms with E-state index in [9.17, 15) is 4.79 Å². The van der Waals surface area contributed by atoms with Gasteiger partial charge in [-0.3, -0.25) is 0 Å². The van der Waals surface area contributed by atoms with Gasteiger partial charge in [-0.25, -0.2) is 4.79 Å². The quantitative estimate of drug-likeness (QED) is 0.815. The van der Waals surface area contributed by atoms with E-state index in [1.807, 2.05) is 0 Å². The second-order valence-corrected chi connectivity index (χ2v) is 4.61. The molecule has 0 saturated carbocycles. The lowest BCUT2D eigenvalue weighted by atomic mass is 10.0. The number of rotatable bonds is 2. The van der Waals surface area contributed by atoms with Crippen molar-refractivity contribution in [1.29, 1.82) is 0 Å². The number of anilines is 1. The van der Waals surface area contributed by atoms with Crippen LogP contribution in [0.2, 0.25) is 0 Å². The topological polar surface area (TPSA) is 58.4 Å². The Morgan fingerprint density at radius 1 is 1.41 bits per heavy atom. The van der Waals surface area contributed by atoms with Gasteiger partial charge < -0.3 is 16.0 Å². The molecule has 2 rings (SSSR count). The van der Waals surface area contributed by atoms with Crippen molar-refractivity contribution in [2.45, 2.75) is 25.8 Å². The molecule has 0 unspecified atom stereocenters. The normalized spacial score (nSPS) is 16.9. The van der Waals surface area contributed by atoms with Crippen LogP contribution in [0.25, 0.3) is 0 Å². The van der Waals surface area contributed by atoms with Crippen LogP contribution >= 0.6 is 0 Å². The fourth-order valence-corrected chi connectivity index (χ4v) is 2.31. The van der Waals surface area contributed by atoms with Crippen molar-refractivity contribution in [3.63, 3.8) is 0 Å². The maximum atomic E-state index is 10.8. The molecule has 1 aliphatic rings. The predicted molar refractivity (Wildman–Crippen MR) is 69.1 cm³/mol. The molecule has 1 heterocycles. The van der Waals surface area contributed by atoms with E-state index in [2.05, 4.69) is 41.4 Å². The van der Waals surface area contributed by atoms with Gasteiger partial charge in [0.15, 0.2) is 0 Å². The number of nitrogens with zero attached hydrogens (tertiary/aromatic N) is 1. The van der Waals surface area contributed by atoms with Crippen LogP contribution in [0.4, 0.5) is 10.5 Å². The first-order chi connectivity index (χ1) is 8.15. The van der Waals surface area contributed by atoms with Gasteiger partial charge in [-0.2, -0.15) is 0 Å². The van der Waals surface area contributed by atoms with E-state index in [-0.39, 0.29) is 6.04 Å². The Kier molecular flexibility index (Phi) is 3.52. The van der Waals surface area contributed by atoms with Crippen LogP contribution in [0.1, 0.15) is 18.4 Å². The number of nitrogens with two attached hydrogens (primary N) is 1. The summed E-state index contributed by atoms with van der Waals surface area (Å²) in [5, 5.41) is 2.78. The fourth-order valence-electron chi connectivity index (χ4n) is 2.31. The second kappa shape index (κ2) is 5.08. The Morgan fingerprint density at radius 3 is 2.71 bits per heavy atom. The summed E-state index contributed by atoms with van der Waals surface area (Å²) in [6.45, 7) is 4.04. The minimum atomic E-state index is -0.418. The highest BCUT2D eigenvalue weighted by atomic mass is 16.2. The lowest BCUT2D eigenvalue weighted by Crippen LogP contribution is -2.46. The maximum absolute atomic E-state index is 10.8. The van der Waals surface area contributed by atoms with Gasteiger partial charge in [-0.15, -0.1) is 0 Å². The Hall–Kier alpha value is -1.71. The van der Waals surface area contributed by atoms with Crippen molar-refractivity contribution in [3.05, 3.63) is 29.8 Å². The molecule has 0 radical (unpaired) electrons. The van der Waals surface area contributed by atoms with Gasteiger partial charge in [0.25, 0.3) is 0 Å². The number of amides is 2. The second-order valence-electron chi connectivity index (χ2n) is 4.61. The summed E-state index contributed by atoms with van der Waals surface area (Å²) in [5.41, 5.74) is 7.67. The molecule has 3 N–H and O–H groups in total. The summed E-state index contributed by atoms with van der Waals surface area (Å²) in [6, 6.07) is 8.33. The third-order valence-electron chi connectivity index (χ3n) is 3.21. The number of piperidine rings is 1. The number of carbonyl (C=O) groups is 1. The first-order valence-corrected chi connectivity index (χ1v) is 6.03. The van der Waals surface area contributed by atoms with Crippen molar-refractivity contribution in [1.82, 2.24) is 5.32 Å². The summed E-state index contributed by atoms with van der Waals surface area (Å²) < 4.78 is 0. The lowest BCUT2D eigenvalue weighted by molar-refractivity contribution is 0.242. The van der Waals surface area contributed by atoms with Crippen molar-refractivity contribution in [2.75, 3.05) is 18.0 Å². The minimum Gasteiger partial charge on any atom is -0.371 e. The third-order valence-corrected chi connectivity index (χ3v) is 3.21. The van der Waals surface area contributed by atoms with Crippen LogP contribution in [0.3, 0.4) is 0 Å². The lowest BCUT2D eigenvalue weighted by Gasteiger charge is -2.33. The van der Waals surface area contributed by atoms with Crippen LogP contribution in [0, 0.1) is 6.92 Å². The minimum absolute atomic E-state index is 0.230. The third kappa shape index (κ3) is 3.12. The Bertz CT molecular complexity index is 397. The molecule has 4 heteroatoms. The van der Waals surface area contributed by atoms with Crippen LogP contribution in [0.5, 0.6) is 0 Å². The molecular formula is C13H19N3O. The molecule has 17 heavy (non-hydrogen) atoms. The molecule has 0 bridgehead atoms. The SMILES string of the molecule is Cc1cccc(N2CCC(NC(N)=O)CC2)c1. The van der Waals surface area contributed by atoms with Gasteiger partial charge in [0.2, 0.25) is 0 Å². The molecule has 1 saturated heterocycles. The molecular weight excluding hydrogens is 214 g/mol. The number of urea groups is 1. The monoisotopic (exact) mass is 233 g/mol. The van der Waals surface area contributed by atoms with E-state index < -0.39 is 6.03 Å². The Balaban J connectivity index is 1.93. The zero-order valence-corrected chi connectivity index (χ0v) is 10.1. The molecule has 2 amide bonds. The number of benzene rings is 1. The van der Waals surface area contributed by atoms with E-state index in [1.54, 1.807) is 0 Å². The van der Waals surface area contributed by atoms with Crippen LogP contribution in [0.15, 0.2) is 24.3 Å². The van der Waals surface area contributed by atoms with Gasteiger partial charge >= 0.3 is 6.03 Å². The number of hydrogen-bond acceptors (Lipinski definition) is 2. The molecule has 0 atom stereocenters. The molecule has 1 fully saturated rings. The van der Waals surface area contributed by atoms with Crippen LogP contribution in [-0.4, -0.2) is 25.2 Å². The molecule has 1 aromatic rings. The van der Waals surface area contributed by atoms with Gasteiger partial charge in [0.1, 0.15) is 0 Å². The van der Waals surface area contributed by atoms with Crippen molar-refractivity contribution < 1.29 is 4.79 Å². The number of hydrogen-bond donors (Lipinski definition) is 2. The smallest absolute Gasteiger partial charge is 0.312 e. The van der Waals surface area contributed by atoms with Gasteiger partial charge in [-0.05, 0) is 37.5 Å². The fraction of sp³-hybridized carbons (Fsp3) is 0.462. The van der Waals surface area contributed by atoms with Gasteiger partial charge in [-0.1, -0.05) is 12.1 Å². The van der Waals surface area contributed by atoms with E-state index in [4.69, 9.17) is 5.73 Å². The van der Waals surface area contributed by atoms with E-state index in [0.717, 1.165) is 25.9 Å². The van der Waals surface area contributed by atoms with Crippen molar-refractivity contribution >= 4 is 11.7 Å². The molecule has 1 aliphatic heterocycles. The maximum Gasteiger partial charge on any atom is 0.312 e. The van der Waals surface area contributed by atoms with Gasteiger partial charge in [0, 0.05) is 24.8 Å². The highest BCUT2D eigenvalue weighted by Gasteiger charge is 2.19. The number of aryl methyl sites for hydroxylation is 1. The zero-order valence-electron chi connectivity index (χ0n) is 10.1. The largest absolute Gasteiger partial charge is 0.371 e. The summed E-state index contributed by atoms with van der Waals surface area (Å²) in [5.74, 6) is 0. The van der Waals surface area contributed by atoms with E-state index >= 15 is 0 Å². The van der Waals surface area contributed by atoms with E-state index in [1.165, 1.54) is 11.3 Å². The molecule has 92 valence electrons. The Morgan fingerprint density at radius 2 is 2.12 bits per heavy atom. The van der Waals surface area contributed by atoms with Crippen LogP contribution in [-0.2, 0) is 0 Å². The van der Waals surface area contributed by atoms with E-state index in [0.29, 0.717) is 0 Å². The molecule has 0 spiro atoms. The first kappa shape index (κ1) is 11.8. The molecule has 1 aromatic carbocycles. The number of primary amides is 1. The summed E-state index contributed by atoms with van der Waals surface area (Å²) in [6.07, 6.45) is 1.91. The number of carbonyl (C=O) groups excluding carboxylic acids is 1. The highest BCUT2D eigenvalue weighted by Crippen LogP contribution is 2.20. The predicted octanol–water partition coefficient (Wildman–Crippen LogP) is 1.63.